The third-order valence-electron chi connectivity index (χ3n) is 3.57. The highest BCUT2D eigenvalue weighted by Gasteiger charge is 2.28. The molecule has 1 fully saturated rings. The minimum atomic E-state index is -0.596. The van der Waals surface area contributed by atoms with Crippen LogP contribution in [-0.2, 0) is 6.54 Å². The largest absolute Gasteiger partial charge is 0.326 e. The summed E-state index contributed by atoms with van der Waals surface area (Å²) in [6.07, 6.45) is 0.899. The van der Waals surface area contributed by atoms with Crippen molar-refractivity contribution in [1.82, 2.24) is 4.90 Å². The molecule has 0 bridgehead atoms. The second kappa shape index (κ2) is 4.99. The highest BCUT2D eigenvalue weighted by atomic mass is 19.1. The Morgan fingerprint density at radius 1 is 1.61 bits per heavy atom. The molecule has 6 heteroatoms. The molecule has 0 aliphatic carbocycles. The number of likely N-dealkylation sites (tertiary alicyclic amines) is 1. The molecule has 1 aromatic carbocycles. The molecule has 5 nitrogen and oxygen atoms in total. The molecule has 1 aliphatic rings. The molecule has 1 aromatic rings. The minimum Gasteiger partial charge on any atom is -0.326 e. The first-order valence-electron chi connectivity index (χ1n) is 5.91. The lowest BCUT2D eigenvalue weighted by Crippen LogP contribution is -2.36. The summed E-state index contributed by atoms with van der Waals surface area (Å²) in [5, 5.41) is 10.5. The highest BCUT2D eigenvalue weighted by molar-refractivity contribution is 5.34. The van der Waals surface area contributed by atoms with Crippen molar-refractivity contribution in [3.8, 4) is 0 Å². The monoisotopic (exact) mass is 253 g/mol. The van der Waals surface area contributed by atoms with Crippen LogP contribution in [0.2, 0.25) is 0 Å². The predicted octanol–water partition coefficient (Wildman–Crippen LogP) is 1.66. The molecular formula is C12H16FN3O2. The minimum absolute atomic E-state index is 0.117. The molecule has 18 heavy (non-hydrogen) atoms. The molecule has 2 N–H and O–H groups in total. The van der Waals surface area contributed by atoms with Gasteiger partial charge in [-0.25, -0.2) is 4.39 Å². The fourth-order valence-electron chi connectivity index (χ4n) is 2.25. The fourth-order valence-corrected chi connectivity index (χ4v) is 2.25. The summed E-state index contributed by atoms with van der Waals surface area (Å²) in [6.45, 7) is 3.29. The van der Waals surface area contributed by atoms with Gasteiger partial charge in [-0.1, -0.05) is 0 Å². The zero-order valence-electron chi connectivity index (χ0n) is 10.2. The van der Waals surface area contributed by atoms with Crippen molar-refractivity contribution in [2.75, 3.05) is 6.54 Å². The zero-order valence-corrected chi connectivity index (χ0v) is 10.2. The lowest BCUT2D eigenvalue weighted by molar-refractivity contribution is -0.385. The number of nitrogens with zero attached hydrogens (tertiary/aromatic N) is 2. The van der Waals surface area contributed by atoms with Gasteiger partial charge in [0.05, 0.1) is 11.0 Å². The average Bonchev–Trinajstić information content (AvgIpc) is 2.63. The molecule has 2 unspecified atom stereocenters. The van der Waals surface area contributed by atoms with Crippen molar-refractivity contribution >= 4 is 5.69 Å². The highest BCUT2D eigenvalue weighted by Crippen LogP contribution is 2.22. The van der Waals surface area contributed by atoms with E-state index >= 15 is 0 Å². The second-order valence-corrected chi connectivity index (χ2v) is 4.70. The normalized spacial score (nSPS) is 24.4. The molecule has 2 atom stereocenters. The van der Waals surface area contributed by atoms with Crippen LogP contribution in [0, 0.1) is 15.9 Å². The topological polar surface area (TPSA) is 72.4 Å². The number of halogens is 1. The Morgan fingerprint density at radius 3 is 2.83 bits per heavy atom. The molecular weight excluding hydrogens is 237 g/mol. The molecule has 2 rings (SSSR count). The maximum atomic E-state index is 13.7. The molecule has 1 saturated heterocycles. The smallest absolute Gasteiger partial charge is 0.272 e. The molecule has 0 radical (unpaired) electrons. The van der Waals surface area contributed by atoms with Gasteiger partial charge in [-0.3, -0.25) is 15.0 Å². The van der Waals surface area contributed by atoms with Crippen LogP contribution < -0.4 is 5.73 Å². The van der Waals surface area contributed by atoms with Gasteiger partial charge in [0.1, 0.15) is 5.82 Å². The van der Waals surface area contributed by atoms with Gasteiger partial charge in [0, 0.05) is 36.8 Å². The van der Waals surface area contributed by atoms with Crippen LogP contribution in [0.1, 0.15) is 18.9 Å². The SMILES string of the molecule is CC1C(N)CCN1Cc1ccc([N+](=O)[O-])cc1F. The van der Waals surface area contributed by atoms with Crippen LogP contribution in [0.4, 0.5) is 10.1 Å². The summed E-state index contributed by atoms with van der Waals surface area (Å²) in [5.74, 6) is -0.531. The molecule has 0 aromatic heterocycles. The lowest BCUT2D eigenvalue weighted by atomic mass is 10.1. The molecule has 0 amide bonds. The Bertz CT molecular complexity index is 467. The maximum Gasteiger partial charge on any atom is 0.272 e. The molecule has 1 heterocycles. The Balaban J connectivity index is 2.13. The van der Waals surface area contributed by atoms with Gasteiger partial charge in [0.2, 0.25) is 0 Å². The quantitative estimate of drug-likeness (QED) is 0.656. The van der Waals surface area contributed by atoms with Gasteiger partial charge in [0.15, 0.2) is 0 Å². The van der Waals surface area contributed by atoms with E-state index < -0.39 is 10.7 Å². The van der Waals surface area contributed by atoms with Crippen LogP contribution >= 0.6 is 0 Å². The molecule has 0 spiro atoms. The number of hydrogen-bond acceptors (Lipinski definition) is 4. The summed E-state index contributed by atoms with van der Waals surface area (Å²) in [6, 6.07) is 4.10. The average molecular weight is 253 g/mol. The summed E-state index contributed by atoms with van der Waals surface area (Å²) in [4.78, 5) is 12.0. The van der Waals surface area contributed by atoms with E-state index in [-0.39, 0.29) is 17.8 Å². The van der Waals surface area contributed by atoms with Crippen molar-refractivity contribution in [1.29, 1.82) is 0 Å². The first kappa shape index (κ1) is 12.9. The predicted molar refractivity (Wildman–Crippen MR) is 65.5 cm³/mol. The van der Waals surface area contributed by atoms with E-state index in [1.165, 1.54) is 12.1 Å². The first-order chi connectivity index (χ1) is 8.49. The second-order valence-electron chi connectivity index (χ2n) is 4.70. The van der Waals surface area contributed by atoms with Gasteiger partial charge in [0.25, 0.3) is 5.69 Å². The van der Waals surface area contributed by atoms with E-state index in [4.69, 9.17) is 5.73 Å². The van der Waals surface area contributed by atoms with Crippen molar-refractivity contribution in [3.05, 3.63) is 39.7 Å². The van der Waals surface area contributed by atoms with Crippen LogP contribution in [0.3, 0.4) is 0 Å². The van der Waals surface area contributed by atoms with Gasteiger partial charge in [-0.15, -0.1) is 0 Å². The molecule has 98 valence electrons. The number of nitro benzene ring substituents is 1. The summed E-state index contributed by atoms with van der Waals surface area (Å²) in [5.41, 5.74) is 6.15. The Hall–Kier alpha value is -1.53. The van der Waals surface area contributed by atoms with Gasteiger partial charge < -0.3 is 5.73 Å². The van der Waals surface area contributed by atoms with Crippen molar-refractivity contribution in [3.63, 3.8) is 0 Å². The van der Waals surface area contributed by atoms with Crippen LogP contribution in [-0.4, -0.2) is 28.5 Å². The number of benzene rings is 1. The summed E-state index contributed by atoms with van der Waals surface area (Å²) >= 11 is 0. The lowest BCUT2D eigenvalue weighted by Gasteiger charge is -2.23. The van der Waals surface area contributed by atoms with Gasteiger partial charge in [-0.05, 0) is 19.4 Å². The Labute approximate surface area is 105 Å². The number of nitrogens with two attached hydrogens (primary N) is 1. The standard InChI is InChI=1S/C12H16FN3O2/c1-8-12(14)4-5-15(8)7-9-2-3-10(16(17)18)6-11(9)13/h2-3,6,8,12H,4-5,7,14H2,1H3. The number of rotatable bonds is 3. The molecule has 1 aliphatic heterocycles. The van der Waals surface area contributed by atoms with E-state index in [2.05, 4.69) is 4.90 Å². The fraction of sp³-hybridized carbons (Fsp3) is 0.500. The van der Waals surface area contributed by atoms with Crippen molar-refractivity contribution in [2.24, 2.45) is 5.73 Å². The first-order valence-corrected chi connectivity index (χ1v) is 5.91. The van der Waals surface area contributed by atoms with Crippen molar-refractivity contribution < 1.29 is 9.31 Å². The zero-order chi connectivity index (χ0) is 13.3. The summed E-state index contributed by atoms with van der Waals surface area (Å²) in [7, 11) is 0. The Kier molecular flexibility index (Phi) is 3.58. The Morgan fingerprint density at radius 2 is 2.33 bits per heavy atom. The van der Waals surface area contributed by atoms with E-state index in [0.717, 1.165) is 19.0 Å². The number of hydrogen-bond donors (Lipinski definition) is 1. The summed E-state index contributed by atoms with van der Waals surface area (Å²) < 4.78 is 13.7. The van der Waals surface area contributed by atoms with Gasteiger partial charge in [-0.2, -0.15) is 0 Å². The van der Waals surface area contributed by atoms with E-state index in [1.807, 2.05) is 6.92 Å². The maximum absolute atomic E-state index is 13.7. The van der Waals surface area contributed by atoms with Gasteiger partial charge >= 0.3 is 0 Å². The van der Waals surface area contributed by atoms with E-state index in [9.17, 15) is 14.5 Å². The number of non-ortho nitro benzene ring substituents is 1. The van der Waals surface area contributed by atoms with E-state index in [0.29, 0.717) is 12.1 Å². The third kappa shape index (κ3) is 2.49. The third-order valence-corrected chi connectivity index (χ3v) is 3.57. The van der Waals surface area contributed by atoms with Crippen molar-refractivity contribution in [2.45, 2.75) is 32.0 Å². The molecule has 0 saturated carbocycles. The van der Waals surface area contributed by atoms with Crippen LogP contribution in [0.5, 0.6) is 0 Å². The van der Waals surface area contributed by atoms with Crippen LogP contribution in [0.15, 0.2) is 18.2 Å². The number of nitro groups is 1. The van der Waals surface area contributed by atoms with E-state index in [1.54, 1.807) is 0 Å². The van der Waals surface area contributed by atoms with Crippen LogP contribution in [0.25, 0.3) is 0 Å².